The Morgan fingerprint density at radius 2 is 2.13 bits per heavy atom. The van der Waals surface area contributed by atoms with Crippen LogP contribution in [-0.4, -0.2) is 4.98 Å². The van der Waals surface area contributed by atoms with Gasteiger partial charge in [-0.2, -0.15) is 0 Å². The number of rotatable bonds is 1. The average molecular weight is 220 g/mol. The molecule has 0 atom stereocenters. The van der Waals surface area contributed by atoms with Gasteiger partial charge in [-0.05, 0) is 30.3 Å². The molecule has 74 valence electrons. The largest absolute Gasteiger partial charge is 0.459 e. The van der Waals surface area contributed by atoms with E-state index in [-0.39, 0.29) is 0 Å². The zero-order chi connectivity index (χ0) is 10.3. The summed E-state index contributed by atoms with van der Waals surface area (Å²) in [4.78, 5) is 4.27. The molecule has 2 aromatic heterocycles. The van der Waals surface area contributed by atoms with Crippen molar-refractivity contribution in [3.8, 4) is 11.7 Å². The van der Waals surface area contributed by atoms with Gasteiger partial charge in [-0.15, -0.1) is 0 Å². The standard InChI is InChI=1S/C11H6ClNO2/c12-7-3-4-9-8(6-7)13-11(15-9)10-2-1-5-14-10/h1-6H. The third-order valence-electron chi connectivity index (χ3n) is 2.08. The highest BCUT2D eigenvalue weighted by Gasteiger charge is 2.10. The second-order valence-electron chi connectivity index (χ2n) is 3.11. The molecule has 0 spiro atoms. The Morgan fingerprint density at radius 3 is 2.93 bits per heavy atom. The number of halogens is 1. The van der Waals surface area contributed by atoms with Crippen molar-refractivity contribution in [3.63, 3.8) is 0 Å². The molecule has 3 aromatic rings. The smallest absolute Gasteiger partial charge is 0.263 e. The van der Waals surface area contributed by atoms with Gasteiger partial charge in [0.25, 0.3) is 5.89 Å². The monoisotopic (exact) mass is 219 g/mol. The van der Waals surface area contributed by atoms with E-state index in [1.54, 1.807) is 36.6 Å². The zero-order valence-electron chi connectivity index (χ0n) is 7.61. The quantitative estimate of drug-likeness (QED) is 0.626. The fourth-order valence-corrected chi connectivity index (χ4v) is 1.57. The van der Waals surface area contributed by atoms with E-state index in [4.69, 9.17) is 20.4 Å². The predicted octanol–water partition coefficient (Wildman–Crippen LogP) is 3.74. The van der Waals surface area contributed by atoms with Crippen LogP contribution in [0.1, 0.15) is 0 Å². The second-order valence-corrected chi connectivity index (χ2v) is 3.54. The highest BCUT2D eigenvalue weighted by molar-refractivity contribution is 6.31. The van der Waals surface area contributed by atoms with Crippen molar-refractivity contribution in [3.05, 3.63) is 41.6 Å². The molecule has 0 amide bonds. The van der Waals surface area contributed by atoms with Crippen LogP contribution in [0.3, 0.4) is 0 Å². The number of hydrogen-bond acceptors (Lipinski definition) is 3. The van der Waals surface area contributed by atoms with E-state index in [2.05, 4.69) is 4.98 Å². The third kappa shape index (κ3) is 1.41. The van der Waals surface area contributed by atoms with Gasteiger partial charge in [0.15, 0.2) is 11.3 Å². The summed E-state index contributed by atoms with van der Waals surface area (Å²) in [6.45, 7) is 0. The maximum Gasteiger partial charge on any atom is 0.263 e. The van der Waals surface area contributed by atoms with E-state index in [0.717, 1.165) is 5.52 Å². The summed E-state index contributed by atoms with van der Waals surface area (Å²) in [7, 11) is 0. The summed E-state index contributed by atoms with van der Waals surface area (Å²) in [5.74, 6) is 1.08. The van der Waals surface area contributed by atoms with Crippen LogP contribution in [-0.2, 0) is 0 Å². The maximum atomic E-state index is 5.85. The summed E-state index contributed by atoms with van der Waals surface area (Å²) in [5, 5.41) is 0.641. The van der Waals surface area contributed by atoms with Gasteiger partial charge in [0.2, 0.25) is 0 Å². The first kappa shape index (κ1) is 8.56. The van der Waals surface area contributed by atoms with Crippen LogP contribution in [0.5, 0.6) is 0 Å². The Morgan fingerprint density at radius 1 is 1.20 bits per heavy atom. The van der Waals surface area contributed by atoms with Gasteiger partial charge in [-0.1, -0.05) is 11.6 Å². The van der Waals surface area contributed by atoms with Crippen molar-refractivity contribution in [2.45, 2.75) is 0 Å². The summed E-state index contributed by atoms with van der Waals surface area (Å²) in [6, 6.07) is 8.90. The molecule has 0 aliphatic carbocycles. The molecule has 3 rings (SSSR count). The number of oxazole rings is 1. The molecule has 0 saturated carbocycles. The minimum absolute atomic E-state index is 0.470. The van der Waals surface area contributed by atoms with Crippen molar-refractivity contribution in [2.24, 2.45) is 0 Å². The molecule has 3 nitrogen and oxygen atoms in total. The Kier molecular flexibility index (Phi) is 1.79. The molecule has 2 heterocycles. The van der Waals surface area contributed by atoms with E-state index in [1.165, 1.54) is 0 Å². The first-order valence-electron chi connectivity index (χ1n) is 4.43. The molecule has 0 aliphatic rings. The first-order chi connectivity index (χ1) is 7.33. The van der Waals surface area contributed by atoms with Crippen LogP contribution >= 0.6 is 11.6 Å². The van der Waals surface area contributed by atoms with Gasteiger partial charge in [0.05, 0.1) is 6.26 Å². The highest BCUT2D eigenvalue weighted by Crippen LogP contribution is 2.26. The van der Waals surface area contributed by atoms with E-state index in [0.29, 0.717) is 22.3 Å². The Hall–Kier alpha value is -1.74. The molecule has 0 bridgehead atoms. The minimum atomic E-state index is 0.470. The molecule has 1 aromatic carbocycles. The molecule has 0 radical (unpaired) electrons. The van der Waals surface area contributed by atoms with Crippen LogP contribution < -0.4 is 0 Å². The molecular formula is C11H6ClNO2. The van der Waals surface area contributed by atoms with Gasteiger partial charge < -0.3 is 8.83 Å². The highest BCUT2D eigenvalue weighted by atomic mass is 35.5. The second kappa shape index (κ2) is 3.14. The SMILES string of the molecule is Clc1ccc2oc(-c3ccco3)nc2c1. The van der Waals surface area contributed by atoms with Crippen LogP contribution in [0.15, 0.2) is 45.4 Å². The third-order valence-corrected chi connectivity index (χ3v) is 2.32. The van der Waals surface area contributed by atoms with Crippen molar-refractivity contribution in [2.75, 3.05) is 0 Å². The van der Waals surface area contributed by atoms with Gasteiger partial charge in [-0.25, -0.2) is 4.98 Å². The van der Waals surface area contributed by atoms with Crippen LogP contribution in [0.2, 0.25) is 5.02 Å². The zero-order valence-corrected chi connectivity index (χ0v) is 8.36. The molecule has 0 aliphatic heterocycles. The summed E-state index contributed by atoms with van der Waals surface area (Å²) in [5.41, 5.74) is 1.43. The topological polar surface area (TPSA) is 39.2 Å². The fourth-order valence-electron chi connectivity index (χ4n) is 1.41. The van der Waals surface area contributed by atoms with E-state index in [1.807, 2.05) is 0 Å². The molecule has 4 heteroatoms. The van der Waals surface area contributed by atoms with Crippen molar-refractivity contribution in [1.29, 1.82) is 0 Å². The van der Waals surface area contributed by atoms with E-state index < -0.39 is 0 Å². The lowest BCUT2D eigenvalue weighted by atomic mass is 10.3. The van der Waals surface area contributed by atoms with Gasteiger partial charge in [0, 0.05) is 5.02 Å². The summed E-state index contributed by atoms with van der Waals surface area (Å²) >= 11 is 5.85. The van der Waals surface area contributed by atoms with Crippen molar-refractivity contribution >= 4 is 22.7 Å². The molecule has 0 saturated heterocycles. The lowest BCUT2D eigenvalue weighted by Gasteiger charge is -1.85. The van der Waals surface area contributed by atoms with Crippen LogP contribution in [0, 0.1) is 0 Å². The molecular weight excluding hydrogens is 214 g/mol. The Labute approximate surface area is 90.3 Å². The molecule has 0 fully saturated rings. The normalized spacial score (nSPS) is 11.0. The lowest BCUT2D eigenvalue weighted by Crippen LogP contribution is -1.70. The number of benzene rings is 1. The number of nitrogens with zero attached hydrogens (tertiary/aromatic N) is 1. The van der Waals surface area contributed by atoms with Crippen molar-refractivity contribution < 1.29 is 8.83 Å². The minimum Gasteiger partial charge on any atom is -0.459 e. The average Bonchev–Trinajstić information content (AvgIpc) is 2.84. The number of furan rings is 1. The number of fused-ring (bicyclic) bond motifs is 1. The predicted molar refractivity (Wildman–Crippen MR) is 56.7 cm³/mol. The van der Waals surface area contributed by atoms with Gasteiger partial charge in [0.1, 0.15) is 5.52 Å². The van der Waals surface area contributed by atoms with Gasteiger partial charge >= 0.3 is 0 Å². The summed E-state index contributed by atoms with van der Waals surface area (Å²) < 4.78 is 10.7. The first-order valence-corrected chi connectivity index (χ1v) is 4.81. The van der Waals surface area contributed by atoms with Crippen molar-refractivity contribution in [1.82, 2.24) is 4.98 Å². The van der Waals surface area contributed by atoms with Crippen LogP contribution in [0.4, 0.5) is 0 Å². The molecule has 0 N–H and O–H groups in total. The number of hydrogen-bond donors (Lipinski definition) is 0. The maximum absolute atomic E-state index is 5.85. The van der Waals surface area contributed by atoms with E-state index >= 15 is 0 Å². The lowest BCUT2D eigenvalue weighted by molar-refractivity contribution is 0.535. The van der Waals surface area contributed by atoms with E-state index in [9.17, 15) is 0 Å². The Balaban J connectivity index is 2.22. The van der Waals surface area contributed by atoms with Crippen LogP contribution in [0.25, 0.3) is 22.8 Å². The van der Waals surface area contributed by atoms with Gasteiger partial charge in [-0.3, -0.25) is 0 Å². The fraction of sp³-hybridized carbons (Fsp3) is 0. The Bertz CT molecular complexity index is 598. The summed E-state index contributed by atoms with van der Waals surface area (Å²) in [6.07, 6.45) is 1.58. The molecule has 0 unspecified atom stereocenters. The number of aromatic nitrogens is 1. The molecule has 15 heavy (non-hydrogen) atoms.